The molecule has 108 valence electrons. The molecule has 0 radical (unpaired) electrons. The number of hydrogen-bond donors (Lipinski definition) is 3. The summed E-state index contributed by atoms with van der Waals surface area (Å²) in [6.45, 7) is -0.0936. The van der Waals surface area contributed by atoms with Gasteiger partial charge in [-0.25, -0.2) is 14.6 Å². The summed E-state index contributed by atoms with van der Waals surface area (Å²) in [6.07, 6.45) is 2.28. The summed E-state index contributed by atoms with van der Waals surface area (Å²) < 4.78 is 1.73. The predicted molar refractivity (Wildman–Crippen MR) is 78.2 cm³/mol. The van der Waals surface area contributed by atoms with Crippen LogP contribution in [0.3, 0.4) is 0 Å². The number of rotatable bonds is 5. The fourth-order valence-corrected chi connectivity index (χ4v) is 2.02. The van der Waals surface area contributed by atoms with E-state index in [0.29, 0.717) is 11.5 Å². The van der Waals surface area contributed by atoms with E-state index in [9.17, 15) is 5.11 Å². The van der Waals surface area contributed by atoms with Crippen LogP contribution >= 0.6 is 0 Å². The van der Waals surface area contributed by atoms with Crippen molar-refractivity contribution >= 4 is 16.9 Å². The molecule has 7 nitrogen and oxygen atoms in total. The van der Waals surface area contributed by atoms with Crippen molar-refractivity contribution in [2.75, 3.05) is 18.5 Å². The zero-order valence-electron chi connectivity index (χ0n) is 11.2. The van der Waals surface area contributed by atoms with Crippen molar-refractivity contribution in [2.24, 2.45) is 0 Å². The average molecular weight is 285 g/mol. The van der Waals surface area contributed by atoms with Crippen LogP contribution in [0.5, 0.6) is 0 Å². The zero-order chi connectivity index (χ0) is 14.7. The van der Waals surface area contributed by atoms with Gasteiger partial charge in [-0.05, 0) is 12.1 Å². The third kappa shape index (κ3) is 2.69. The van der Waals surface area contributed by atoms with Crippen molar-refractivity contribution in [2.45, 2.75) is 6.10 Å². The van der Waals surface area contributed by atoms with Crippen molar-refractivity contribution in [1.82, 2.24) is 19.7 Å². The number of fused-ring (bicyclic) bond motifs is 1. The Morgan fingerprint density at radius 1 is 1.19 bits per heavy atom. The molecule has 3 N–H and O–H groups in total. The highest BCUT2D eigenvalue weighted by Gasteiger charge is 2.11. The highest BCUT2D eigenvalue weighted by atomic mass is 16.3. The molecule has 0 fully saturated rings. The van der Waals surface area contributed by atoms with E-state index in [1.165, 1.54) is 6.33 Å². The third-order valence-electron chi connectivity index (χ3n) is 3.08. The van der Waals surface area contributed by atoms with Gasteiger partial charge >= 0.3 is 0 Å². The van der Waals surface area contributed by atoms with Crippen molar-refractivity contribution < 1.29 is 10.2 Å². The minimum absolute atomic E-state index is 0.207. The van der Waals surface area contributed by atoms with Crippen LogP contribution in [0.25, 0.3) is 16.7 Å². The van der Waals surface area contributed by atoms with E-state index in [4.69, 9.17) is 5.11 Å². The molecule has 2 aromatic heterocycles. The maximum Gasteiger partial charge on any atom is 0.168 e. The molecule has 2 heterocycles. The van der Waals surface area contributed by atoms with E-state index in [1.54, 1.807) is 10.9 Å². The summed E-state index contributed by atoms with van der Waals surface area (Å²) in [5, 5.41) is 26.3. The lowest BCUT2D eigenvalue weighted by molar-refractivity contribution is 0.105. The molecule has 0 saturated carbocycles. The van der Waals surface area contributed by atoms with E-state index < -0.39 is 6.10 Å². The molecule has 0 amide bonds. The standard InChI is InChI=1S/C14H15N5O2/c20-8-11(21)6-15-13-12-7-18-19(14(12)17-9-16-13)10-4-2-1-3-5-10/h1-5,7,9,11,20-21H,6,8H2,(H,15,16,17). The summed E-state index contributed by atoms with van der Waals surface area (Å²) in [5.41, 5.74) is 1.59. The zero-order valence-corrected chi connectivity index (χ0v) is 11.2. The Labute approximate surface area is 120 Å². The Kier molecular flexibility index (Phi) is 3.76. The smallest absolute Gasteiger partial charge is 0.168 e. The highest BCUT2D eigenvalue weighted by molar-refractivity contribution is 5.87. The van der Waals surface area contributed by atoms with Crippen LogP contribution in [0, 0.1) is 0 Å². The quantitative estimate of drug-likeness (QED) is 0.634. The van der Waals surface area contributed by atoms with Gasteiger partial charge in [0.15, 0.2) is 5.65 Å². The summed E-state index contributed by atoms with van der Waals surface area (Å²) in [7, 11) is 0. The number of anilines is 1. The van der Waals surface area contributed by atoms with Crippen LogP contribution in [0.15, 0.2) is 42.9 Å². The minimum atomic E-state index is -0.834. The van der Waals surface area contributed by atoms with Gasteiger partial charge in [-0.2, -0.15) is 5.10 Å². The summed E-state index contributed by atoms with van der Waals surface area (Å²) in [4.78, 5) is 8.41. The number of nitrogens with one attached hydrogen (secondary N) is 1. The first-order valence-corrected chi connectivity index (χ1v) is 6.56. The van der Waals surface area contributed by atoms with Gasteiger partial charge in [-0.3, -0.25) is 0 Å². The molecule has 1 unspecified atom stereocenters. The average Bonchev–Trinajstić information content (AvgIpc) is 2.98. The lowest BCUT2D eigenvalue weighted by Crippen LogP contribution is -2.23. The molecule has 21 heavy (non-hydrogen) atoms. The maximum atomic E-state index is 9.40. The van der Waals surface area contributed by atoms with Crippen LogP contribution < -0.4 is 5.32 Å². The van der Waals surface area contributed by atoms with Crippen molar-refractivity contribution in [3.05, 3.63) is 42.9 Å². The first-order valence-electron chi connectivity index (χ1n) is 6.56. The van der Waals surface area contributed by atoms with Crippen LogP contribution in [0.2, 0.25) is 0 Å². The molecule has 1 aromatic carbocycles. The van der Waals surface area contributed by atoms with Gasteiger partial charge in [0.05, 0.1) is 30.0 Å². The normalized spacial score (nSPS) is 12.5. The Balaban J connectivity index is 1.97. The second kappa shape index (κ2) is 5.86. The number of aromatic nitrogens is 4. The SMILES string of the molecule is OCC(O)CNc1ncnc2c1cnn2-c1ccccc1. The van der Waals surface area contributed by atoms with Gasteiger partial charge in [-0.1, -0.05) is 18.2 Å². The number of benzene rings is 1. The first-order chi connectivity index (χ1) is 10.3. The van der Waals surface area contributed by atoms with Gasteiger partial charge in [0.25, 0.3) is 0 Å². The fraction of sp³-hybridized carbons (Fsp3) is 0.214. The van der Waals surface area contributed by atoms with Crippen LogP contribution in [-0.4, -0.2) is 49.2 Å². The third-order valence-corrected chi connectivity index (χ3v) is 3.08. The van der Waals surface area contributed by atoms with Crippen LogP contribution in [-0.2, 0) is 0 Å². The lowest BCUT2D eigenvalue weighted by atomic mass is 10.3. The second-order valence-corrected chi connectivity index (χ2v) is 4.57. The Morgan fingerprint density at radius 3 is 2.76 bits per heavy atom. The molecular formula is C14H15N5O2. The predicted octanol–water partition coefficient (Wildman–Crippen LogP) is 0.581. The summed E-state index contributed by atoms with van der Waals surface area (Å²) in [6, 6.07) is 9.68. The maximum absolute atomic E-state index is 9.40. The van der Waals surface area contributed by atoms with E-state index in [2.05, 4.69) is 20.4 Å². The van der Waals surface area contributed by atoms with Gasteiger partial charge in [-0.15, -0.1) is 0 Å². The summed E-state index contributed by atoms with van der Waals surface area (Å²) in [5.74, 6) is 0.578. The molecule has 0 bridgehead atoms. The van der Waals surface area contributed by atoms with Crippen LogP contribution in [0.1, 0.15) is 0 Å². The molecular weight excluding hydrogens is 270 g/mol. The molecule has 7 heteroatoms. The Morgan fingerprint density at radius 2 is 2.00 bits per heavy atom. The second-order valence-electron chi connectivity index (χ2n) is 4.57. The number of nitrogens with zero attached hydrogens (tertiary/aromatic N) is 4. The molecule has 3 rings (SSSR count). The molecule has 0 aliphatic carbocycles. The molecule has 0 saturated heterocycles. The first kappa shape index (κ1) is 13.5. The molecule has 0 aliphatic rings. The monoisotopic (exact) mass is 285 g/mol. The highest BCUT2D eigenvalue weighted by Crippen LogP contribution is 2.21. The van der Waals surface area contributed by atoms with Crippen LogP contribution in [0.4, 0.5) is 5.82 Å². The molecule has 0 spiro atoms. The van der Waals surface area contributed by atoms with E-state index in [-0.39, 0.29) is 13.2 Å². The Bertz CT molecular complexity index is 729. The summed E-state index contributed by atoms with van der Waals surface area (Å²) >= 11 is 0. The van der Waals surface area contributed by atoms with Gasteiger partial charge < -0.3 is 15.5 Å². The molecule has 0 aliphatic heterocycles. The van der Waals surface area contributed by atoms with Crippen molar-refractivity contribution in [1.29, 1.82) is 0 Å². The topological polar surface area (TPSA) is 96.1 Å². The van der Waals surface area contributed by atoms with Gasteiger partial charge in [0.1, 0.15) is 12.1 Å². The van der Waals surface area contributed by atoms with Gasteiger partial charge in [0.2, 0.25) is 0 Å². The van der Waals surface area contributed by atoms with Crippen molar-refractivity contribution in [3.8, 4) is 5.69 Å². The molecule has 3 aromatic rings. The lowest BCUT2D eigenvalue weighted by Gasteiger charge is -2.09. The number of aliphatic hydroxyl groups excluding tert-OH is 2. The van der Waals surface area contributed by atoms with Crippen molar-refractivity contribution in [3.63, 3.8) is 0 Å². The van der Waals surface area contributed by atoms with Gasteiger partial charge in [0, 0.05) is 6.54 Å². The largest absolute Gasteiger partial charge is 0.394 e. The Hall–Kier alpha value is -2.51. The minimum Gasteiger partial charge on any atom is -0.394 e. The van der Waals surface area contributed by atoms with E-state index >= 15 is 0 Å². The number of para-hydroxylation sites is 1. The van der Waals surface area contributed by atoms with E-state index in [1.807, 2.05) is 30.3 Å². The number of aliphatic hydroxyl groups is 2. The fourth-order valence-electron chi connectivity index (χ4n) is 2.02. The van der Waals surface area contributed by atoms with E-state index in [0.717, 1.165) is 11.1 Å². The molecule has 1 atom stereocenters. The number of hydrogen-bond acceptors (Lipinski definition) is 6.